The van der Waals surface area contributed by atoms with Gasteiger partial charge in [-0.1, -0.05) is 19.8 Å². The van der Waals surface area contributed by atoms with Gasteiger partial charge in [0.2, 0.25) is 0 Å². The first kappa shape index (κ1) is 11.6. The van der Waals surface area contributed by atoms with Crippen LogP contribution in [0.25, 0.3) is 0 Å². The van der Waals surface area contributed by atoms with Crippen LogP contribution >= 0.6 is 0 Å². The molecule has 0 radical (unpaired) electrons. The topological polar surface area (TPSA) is 24.9 Å². The Morgan fingerprint density at radius 2 is 2.06 bits per heavy atom. The quantitative estimate of drug-likeness (QED) is 0.842. The smallest absolute Gasteiger partial charge is 0.0390 e. The van der Waals surface area contributed by atoms with Crippen LogP contribution in [-0.2, 0) is 0 Å². The number of rotatable bonds is 3. The van der Waals surface area contributed by atoms with Gasteiger partial charge in [0.15, 0.2) is 0 Å². The minimum atomic E-state index is 0.405. The van der Waals surface area contributed by atoms with Crippen molar-refractivity contribution in [3.05, 3.63) is 29.6 Å². The molecule has 88 valence electrons. The molecule has 0 spiro atoms. The van der Waals surface area contributed by atoms with Gasteiger partial charge >= 0.3 is 0 Å². The van der Waals surface area contributed by atoms with Gasteiger partial charge in [-0.05, 0) is 49.4 Å². The van der Waals surface area contributed by atoms with Crippen molar-refractivity contribution >= 4 is 0 Å². The molecule has 1 saturated carbocycles. The first-order chi connectivity index (χ1) is 7.67. The Morgan fingerprint density at radius 3 is 2.62 bits per heavy atom. The van der Waals surface area contributed by atoms with E-state index < -0.39 is 0 Å². The highest BCUT2D eigenvalue weighted by molar-refractivity contribution is 5.27. The highest BCUT2D eigenvalue weighted by Crippen LogP contribution is 2.47. The van der Waals surface area contributed by atoms with E-state index in [1.807, 2.05) is 12.4 Å². The van der Waals surface area contributed by atoms with Crippen molar-refractivity contribution in [1.82, 2.24) is 10.3 Å². The van der Waals surface area contributed by atoms with Crippen molar-refractivity contribution in [3.63, 3.8) is 0 Å². The molecule has 0 saturated heterocycles. The maximum atomic E-state index is 4.28. The lowest BCUT2D eigenvalue weighted by molar-refractivity contribution is 0.232. The molecule has 1 aromatic rings. The highest BCUT2D eigenvalue weighted by Gasteiger charge is 2.37. The van der Waals surface area contributed by atoms with E-state index in [0.717, 1.165) is 0 Å². The average molecular weight is 218 g/mol. The van der Waals surface area contributed by atoms with Crippen LogP contribution in [0.5, 0.6) is 0 Å². The van der Waals surface area contributed by atoms with Gasteiger partial charge in [-0.25, -0.2) is 0 Å². The Kier molecular flexibility index (Phi) is 3.29. The lowest BCUT2D eigenvalue weighted by Crippen LogP contribution is -2.32. The van der Waals surface area contributed by atoms with Gasteiger partial charge in [-0.15, -0.1) is 0 Å². The number of hydrogen-bond donors (Lipinski definition) is 1. The molecule has 0 bridgehead atoms. The molecule has 0 aromatic carbocycles. The first-order valence-electron chi connectivity index (χ1n) is 6.25. The predicted molar refractivity (Wildman–Crippen MR) is 67.3 cm³/mol. The van der Waals surface area contributed by atoms with Crippen LogP contribution < -0.4 is 5.32 Å². The van der Waals surface area contributed by atoms with Crippen LogP contribution in [0, 0.1) is 12.3 Å². The fraction of sp³-hybridized carbons (Fsp3) is 0.643. The summed E-state index contributed by atoms with van der Waals surface area (Å²) in [6.07, 6.45) is 9.30. The maximum Gasteiger partial charge on any atom is 0.0390 e. The molecule has 2 nitrogen and oxygen atoms in total. The van der Waals surface area contributed by atoms with Gasteiger partial charge < -0.3 is 5.32 Å². The zero-order valence-corrected chi connectivity index (χ0v) is 10.6. The Morgan fingerprint density at radius 1 is 1.38 bits per heavy atom. The van der Waals surface area contributed by atoms with E-state index in [4.69, 9.17) is 0 Å². The fourth-order valence-electron chi connectivity index (χ4n) is 3.13. The molecular weight excluding hydrogens is 196 g/mol. The Bertz CT molecular complexity index is 354. The average Bonchev–Trinajstić information content (AvgIpc) is 2.70. The third-order valence-corrected chi connectivity index (χ3v) is 4.12. The predicted octanol–water partition coefficient (Wildman–Crippen LogP) is 3.23. The van der Waals surface area contributed by atoms with Crippen molar-refractivity contribution in [2.75, 3.05) is 7.05 Å². The van der Waals surface area contributed by atoms with Crippen molar-refractivity contribution < 1.29 is 0 Å². The van der Waals surface area contributed by atoms with E-state index >= 15 is 0 Å². The van der Waals surface area contributed by atoms with Crippen LogP contribution in [0.4, 0.5) is 0 Å². The van der Waals surface area contributed by atoms with E-state index in [-0.39, 0.29) is 0 Å². The summed E-state index contributed by atoms with van der Waals surface area (Å²) in [5, 5.41) is 3.50. The second-order valence-corrected chi connectivity index (χ2v) is 5.32. The van der Waals surface area contributed by atoms with E-state index in [0.29, 0.717) is 11.5 Å². The molecular formula is C14H22N2. The largest absolute Gasteiger partial charge is 0.312 e. The standard InChI is InChI=1S/C14H22N2/c1-11-6-9-16-10-12(11)13(15-3)14(2)7-4-5-8-14/h6,9-10,13,15H,4-5,7-8H2,1-3H3. The molecule has 1 aliphatic rings. The minimum Gasteiger partial charge on any atom is -0.312 e. The maximum absolute atomic E-state index is 4.28. The SMILES string of the molecule is CNC(c1cnccc1C)C1(C)CCCC1. The number of aromatic nitrogens is 1. The summed E-state index contributed by atoms with van der Waals surface area (Å²) >= 11 is 0. The number of pyridine rings is 1. The van der Waals surface area contributed by atoms with Crippen molar-refractivity contribution in [2.45, 2.75) is 45.6 Å². The molecule has 1 N–H and O–H groups in total. The zero-order chi connectivity index (χ0) is 11.6. The van der Waals surface area contributed by atoms with Crippen LogP contribution in [0.2, 0.25) is 0 Å². The van der Waals surface area contributed by atoms with Gasteiger partial charge in [0.05, 0.1) is 0 Å². The Hall–Kier alpha value is -0.890. The van der Waals surface area contributed by atoms with Gasteiger partial charge in [0.25, 0.3) is 0 Å². The molecule has 1 atom stereocenters. The molecule has 0 amide bonds. The second kappa shape index (κ2) is 4.54. The van der Waals surface area contributed by atoms with E-state index in [9.17, 15) is 0 Å². The van der Waals surface area contributed by atoms with Crippen molar-refractivity contribution in [2.24, 2.45) is 5.41 Å². The number of nitrogens with zero attached hydrogens (tertiary/aromatic N) is 1. The third-order valence-electron chi connectivity index (χ3n) is 4.12. The second-order valence-electron chi connectivity index (χ2n) is 5.32. The monoisotopic (exact) mass is 218 g/mol. The first-order valence-corrected chi connectivity index (χ1v) is 6.25. The van der Waals surface area contributed by atoms with Gasteiger partial charge in [-0.3, -0.25) is 4.98 Å². The highest BCUT2D eigenvalue weighted by atomic mass is 14.9. The molecule has 1 aliphatic carbocycles. The lowest BCUT2D eigenvalue weighted by Gasteiger charge is -2.35. The van der Waals surface area contributed by atoms with Crippen LogP contribution in [0.3, 0.4) is 0 Å². The van der Waals surface area contributed by atoms with Gasteiger partial charge in [-0.2, -0.15) is 0 Å². The molecule has 1 unspecified atom stereocenters. The van der Waals surface area contributed by atoms with Crippen molar-refractivity contribution in [3.8, 4) is 0 Å². The summed E-state index contributed by atoms with van der Waals surface area (Å²) in [7, 11) is 2.07. The molecule has 2 heteroatoms. The van der Waals surface area contributed by atoms with E-state index in [1.54, 1.807) is 0 Å². The van der Waals surface area contributed by atoms with Gasteiger partial charge in [0.1, 0.15) is 0 Å². The summed E-state index contributed by atoms with van der Waals surface area (Å²) in [6.45, 7) is 4.59. The summed E-state index contributed by atoms with van der Waals surface area (Å²) in [5.74, 6) is 0. The molecule has 16 heavy (non-hydrogen) atoms. The fourth-order valence-corrected chi connectivity index (χ4v) is 3.13. The number of hydrogen-bond acceptors (Lipinski definition) is 2. The van der Waals surface area contributed by atoms with E-state index in [1.165, 1.54) is 36.8 Å². The molecule has 1 aromatic heterocycles. The lowest BCUT2D eigenvalue weighted by atomic mass is 9.77. The molecule has 0 aliphatic heterocycles. The number of aryl methyl sites for hydroxylation is 1. The van der Waals surface area contributed by atoms with Gasteiger partial charge in [0, 0.05) is 18.4 Å². The van der Waals surface area contributed by atoms with Crippen LogP contribution in [-0.4, -0.2) is 12.0 Å². The minimum absolute atomic E-state index is 0.405. The zero-order valence-electron chi connectivity index (χ0n) is 10.6. The number of nitrogens with one attached hydrogen (secondary N) is 1. The van der Waals surface area contributed by atoms with E-state index in [2.05, 4.69) is 37.3 Å². The summed E-state index contributed by atoms with van der Waals surface area (Å²) in [5.41, 5.74) is 3.12. The summed E-state index contributed by atoms with van der Waals surface area (Å²) in [4.78, 5) is 4.28. The summed E-state index contributed by atoms with van der Waals surface area (Å²) < 4.78 is 0. The Labute approximate surface area is 98.5 Å². The normalized spacial score (nSPS) is 20.9. The third kappa shape index (κ3) is 1.99. The Balaban J connectivity index is 2.32. The van der Waals surface area contributed by atoms with Crippen LogP contribution in [0.1, 0.15) is 49.8 Å². The summed E-state index contributed by atoms with van der Waals surface area (Å²) in [6, 6.07) is 2.56. The molecule has 2 rings (SSSR count). The molecule has 1 fully saturated rings. The van der Waals surface area contributed by atoms with Crippen molar-refractivity contribution in [1.29, 1.82) is 0 Å². The van der Waals surface area contributed by atoms with Crippen LogP contribution in [0.15, 0.2) is 18.5 Å². The molecule has 1 heterocycles.